The van der Waals surface area contributed by atoms with Gasteiger partial charge in [0.25, 0.3) is 5.91 Å². The third kappa shape index (κ3) is 4.10. The van der Waals surface area contributed by atoms with E-state index in [-0.39, 0.29) is 5.91 Å². The van der Waals surface area contributed by atoms with Gasteiger partial charge in [-0.05, 0) is 0 Å². The number of benzene rings is 1. The van der Waals surface area contributed by atoms with Gasteiger partial charge in [0.2, 0.25) is 0 Å². The molecule has 0 aliphatic carbocycles. The molecule has 1 aromatic carbocycles. The highest BCUT2D eigenvalue weighted by molar-refractivity contribution is 7.16. The Labute approximate surface area is 137 Å². The van der Waals surface area contributed by atoms with Crippen LogP contribution >= 0.6 is 11.3 Å². The van der Waals surface area contributed by atoms with Crippen LogP contribution < -0.4 is 10.6 Å². The van der Waals surface area contributed by atoms with Gasteiger partial charge >= 0.3 is 0 Å². The van der Waals surface area contributed by atoms with Gasteiger partial charge in [-0.1, -0.05) is 30.3 Å². The minimum atomic E-state index is -0.120. The molecule has 0 atom stereocenters. The van der Waals surface area contributed by atoms with Crippen LogP contribution in [0.15, 0.2) is 55.1 Å². The second-order valence-corrected chi connectivity index (χ2v) is 5.70. The zero-order valence-electron chi connectivity index (χ0n) is 12.3. The van der Waals surface area contributed by atoms with Crippen molar-refractivity contribution in [1.29, 1.82) is 0 Å². The van der Waals surface area contributed by atoms with Crippen LogP contribution in [0.5, 0.6) is 0 Å². The third-order valence-corrected chi connectivity index (χ3v) is 4.08. The van der Waals surface area contributed by atoms with Gasteiger partial charge in [-0.15, -0.1) is 11.3 Å². The molecule has 0 saturated heterocycles. The number of amides is 1. The SMILES string of the molecule is O=C(NCCNc1cnccn1)c1cnc(-c2ccccc2)s1. The van der Waals surface area contributed by atoms with Crippen molar-refractivity contribution in [1.82, 2.24) is 20.3 Å². The number of hydrogen-bond donors (Lipinski definition) is 2. The van der Waals surface area contributed by atoms with Gasteiger partial charge in [-0.25, -0.2) is 9.97 Å². The van der Waals surface area contributed by atoms with Gasteiger partial charge < -0.3 is 10.6 Å². The minimum Gasteiger partial charge on any atom is -0.367 e. The number of hydrogen-bond acceptors (Lipinski definition) is 6. The van der Waals surface area contributed by atoms with Crippen molar-refractivity contribution >= 4 is 23.1 Å². The zero-order valence-corrected chi connectivity index (χ0v) is 13.1. The van der Waals surface area contributed by atoms with E-state index in [2.05, 4.69) is 25.6 Å². The standard InChI is InChI=1S/C16H15N5OS/c22-15(20-9-8-19-14-11-17-6-7-18-14)13-10-21-16(23-13)12-4-2-1-3-5-12/h1-7,10-11H,8-9H2,(H,18,19)(H,20,22). The lowest BCUT2D eigenvalue weighted by molar-refractivity contribution is 0.0959. The molecule has 23 heavy (non-hydrogen) atoms. The van der Waals surface area contributed by atoms with E-state index in [0.717, 1.165) is 10.6 Å². The maximum absolute atomic E-state index is 12.1. The van der Waals surface area contributed by atoms with Crippen LogP contribution in [0.2, 0.25) is 0 Å². The molecule has 1 amide bonds. The Morgan fingerprint density at radius 1 is 1.04 bits per heavy atom. The summed E-state index contributed by atoms with van der Waals surface area (Å²) in [6, 6.07) is 9.81. The normalized spacial score (nSPS) is 10.3. The molecule has 0 aliphatic rings. The molecule has 0 unspecified atom stereocenters. The maximum Gasteiger partial charge on any atom is 0.263 e. The third-order valence-electron chi connectivity index (χ3n) is 3.03. The molecule has 0 saturated carbocycles. The summed E-state index contributed by atoms with van der Waals surface area (Å²) < 4.78 is 0. The Morgan fingerprint density at radius 3 is 2.70 bits per heavy atom. The summed E-state index contributed by atoms with van der Waals surface area (Å²) in [6.45, 7) is 1.07. The predicted octanol–water partition coefficient (Wildman–Crippen LogP) is 2.44. The number of nitrogens with one attached hydrogen (secondary N) is 2. The van der Waals surface area contributed by atoms with Crippen LogP contribution in [-0.2, 0) is 0 Å². The van der Waals surface area contributed by atoms with E-state index in [1.807, 2.05) is 30.3 Å². The first-order valence-corrected chi connectivity index (χ1v) is 7.94. The topological polar surface area (TPSA) is 79.8 Å². The number of thiazole rings is 1. The van der Waals surface area contributed by atoms with Crippen molar-refractivity contribution in [2.45, 2.75) is 0 Å². The minimum absolute atomic E-state index is 0.120. The summed E-state index contributed by atoms with van der Waals surface area (Å²) in [4.78, 5) is 25.1. The van der Waals surface area contributed by atoms with E-state index in [0.29, 0.717) is 23.8 Å². The van der Waals surface area contributed by atoms with Crippen molar-refractivity contribution < 1.29 is 4.79 Å². The van der Waals surface area contributed by atoms with Gasteiger partial charge in [-0.3, -0.25) is 9.78 Å². The van der Waals surface area contributed by atoms with Gasteiger partial charge in [0.15, 0.2) is 0 Å². The monoisotopic (exact) mass is 325 g/mol. The van der Waals surface area contributed by atoms with Crippen molar-refractivity contribution in [3.05, 3.63) is 60.0 Å². The first kappa shape index (κ1) is 15.1. The Bertz CT molecular complexity index is 760. The van der Waals surface area contributed by atoms with E-state index in [9.17, 15) is 4.79 Å². The average Bonchev–Trinajstić information content (AvgIpc) is 3.10. The van der Waals surface area contributed by atoms with E-state index in [4.69, 9.17) is 0 Å². The lowest BCUT2D eigenvalue weighted by Gasteiger charge is -2.05. The fraction of sp³-hybridized carbons (Fsp3) is 0.125. The van der Waals surface area contributed by atoms with Crippen molar-refractivity contribution in [2.75, 3.05) is 18.4 Å². The summed E-state index contributed by atoms with van der Waals surface area (Å²) in [5.74, 6) is 0.566. The summed E-state index contributed by atoms with van der Waals surface area (Å²) in [7, 11) is 0. The van der Waals surface area contributed by atoms with Crippen LogP contribution in [0.4, 0.5) is 5.82 Å². The number of aromatic nitrogens is 3. The molecule has 3 rings (SSSR count). The molecule has 2 aromatic heterocycles. The molecule has 6 nitrogen and oxygen atoms in total. The van der Waals surface area contributed by atoms with Gasteiger partial charge in [-0.2, -0.15) is 0 Å². The molecule has 0 radical (unpaired) electrons. The molecule has 3 aromatic rings. The summed E-state index contributed by atoms with van der Waals surface area (Å²) in [6.07, 6.45) is 6.47. The van der Waals surface area contributed by atoms with E-state index >= 15 is 0 Å². The summed E-state index contributed by atoms with van der Waals surface area (Å²) >= 11 is 1.38. The van der Waals surface area contributed by atoms with Crippen LogP contribution in [-0.4, -0.2) is 33.9 Å². The van der Waals surface area contributed by atoms with Crippen LogP contribution in [0, 0.1) is 0 Å². The molecular weight excluding hydrogens is 310 g/mol. The number of carbonyl (C=O) groups is 1. The summed E-state index contributed by atoms with van der Waals surface area (Å²) in [5.41, 5.74) is 1.01. The van der Waals surface area contributed by atoms with Crippen LogP contribution in [0.1, 0.15) is 9.67 Å². The van der Waals surface area contributed by atoms with Gasteiger partial charge in [0, 0.05) is 31.0 Å². The maximum atomic E-state index is 12.1. The lowest BCUT2D eigenvalue weighted by Crippen LogP contribution is -2.28. The lowest BCUT2D eigenvalue weighted by atomic mass is 10.2. The molecular formula is C16H15N5OS. The predicted molar refractivity (Wildman–Crippen MR) is 90.4 cm³/mol. The molecule has 0 aliphatic heterocycles. The molecule has 2 heterocycles. The number of rotatable bonds is 6. The summed E-state index contributed by atoms with van der Waals surface area (Å²) in [5, 5.41) is 6.78. The highest BCUT2D eigenvalue weighted by Gasteiger charge is 2.10. The first-order valence-electron chi connectivity index (χ1n) is 7.12. The molecule has 2 N–H and O–H groups in total. The molecule has 7 heteroatoms. The Morgan fingerprint density at radius 2 is 1.91 bits per heavy atom. The second kappa shape index (κ2) is 7.46. The largest absolute Gasteiger partial charge is 0.367 e. The van der Waals surface area contributed by atoms with E-state index in [1.54, 1.807) is 24.8 Å². The average molecular weight is 325 g/mol. The van der Waals surface area contributed by atoms with Crippen LogP contribution in [0.3, 0.4) is 0 Å². The van der Waals surface area contributed by atoms with Gasteiger partial charge in [0.1, 0.15) is 15.7 Å². The number of anilines is 1. The van der Waals surface area contributed by atoms with Gasteiger partial charge in [0.05, 0.1) is 12.4 Å². The van der Waals surface area contributed by atoms with Crippen molar-refractivity contribution in [3.63, 3.8) is 0 Å². The smallest absolute Gasteiger partial charge is 0.263 e. The van der Waals surface area contributed by atoms with E-state index in [1.165, 1.54) is 11.3 Å². The molecule has 116 valence electrons. The van der Waals surface area contributed by atoms with Crippen molar-refractivity contribution in [3.8, 4) is 10.6 Å². The Kier molecular flexibility index (Phi) is 4.90. The molecule has 0 fully saturated rings. The fourth-order valence-electron chi connectivity index (χ4n) is 1.94. The highest BCUT2D eigenvalue weighted by atomic mass is 32.1. The first-order chi connectivity index (χ1) is 11.3. The number of carbonyl (C=O) groups excluding carboxylic acids is 1. The van der Waals surface area contributed by atoms with Crippen LogP contribution in [0.25, 0.3) is 10.6 Å². The zero-order chi connectivity index (χ0) is 15.9. The molecule has 0 bridgehead atoms. The molecule has 0 spiro atoms. The Balaban J connectivity index is 1.50. The second-order valence-electron chi connectivity index (χ2n) is 4.67. The van der Waals surface area contributed by atoms with E-state index < -0.39 is 0 Å². The fourth-order valence-corrected chi connectivity index (χ4v) is 2.78. The Hall–Kier alpha value is -2.80. The number of nitrogens with zero attached hydrogens (tertiary/aromatic N) is 3. The highest BCUT2D eigenvalue weighted by Crippen LogP contribution is 2.24. The van der Waals surface area contributed by atoms with Crippen molar-refractivity contribution in [2.24, 2.45) is 0 Å². The quantitative estimate of drug-likeness (QED) is 0.681.